The van der Waals surface area contributed by atoms with Crippen molar-refractivity contribution in [3.8, 4) is 0 Å². The van der Waals surface area contributed by atoms with E-state index < -0.39 is 23.2 Å². The molecular formula is C14H14FN3O4. The molecule has 8 heteroatoms. The molecule has 0 aliphatic heterocycles. The number of nitrogens with zero attached hydrogens (tertiary/aromatic N) is 2. The second-order valence-electron chi connectivity index (χ2n) is 5.22. The normalized spacial score (nSPS) is 11.3. The molecule has 0 bridgehead atoms. The van der Waals surface area contributed by atoms with E-state index in [1.54, 1.807) is 20.8 Å². The van der Waals surface area contributed by atoms with E-state index in [4.69, 9.17) is 9.63 Å². The van der Waals surface area contributed by atoms with Crippen LogP contribution in [0.25, 0.3) is 0 Å². The number of halogens is 1. The van der Waals surface area contributed by atoms with Gasteiger partial charge >= 0.3 is 5.97 Å². The molecule has 0 spiro atoms. The highest BCUT2D eigenvalue weighted by molar-refractivity contribution is 5.96. The van der Waals surface area contributed by atoms with Gasteiger partial charge in [-0.15, -0.1) is 0 Å². The van der Waals surface area contributed by atoms with Gasteiger partial charge in [0.2, 0.25) is 5.89 Å². The Morgan fingerprint density at radius 1 is 1.36 bits per heavy atom. The Labute approximate surface area is 125 Å². The molecule has 7 nitrogen and oxygen atoms in total. The maximum Gasteiger partial charge on any atom is 0.335 e. The molecule has 2 N–H and O–H groups in total. The molecule has 0 unspecified atom stereocenters. The number of carbonyl (C=O) groups is 2. The third kappa shape index (κ3) is 3.11. The van der Waals surface area contributed by atoms with Crippen molar-refractivity contribution in [3.05, 3.63) is 46.9 Å². The summed E-state index contributed by atoms with van der Waals surface area (Å²) in [6.07, 6.45) is 0. The summed E-state index contributed by atoms with van der Waals surface area (Å²) < 4.78 is 18.7. The molecule has 0 atom stereocenters. The molecule has 1 aromatic carbocycles. The molecule has 0 radical (unpaired) electrons. The van der Waals surface area contributed by atoms with Gasteiger partial charge in [0.05, 0.1) is 16.7 Å². The Bertz CT molecular complexity index is 739. The number of aromatic carboxylic acids is 1. The Balaban J connectivity index is 2.23. The second kappa shape index (κ2) is 5.55. The Morgan fingerprint density at radius 3 is 2.55 bits per heavy atom. The maximum absolute atomic E-state index is 13.9. The van der Waals surface area contributed by atoms with Crippen LogP contribution in [0.15, 0.2) is 22.7 Å². The van der Waals surface area contributed by atoms with Crippen molar-refractivity contribution in [1.82, 2.24) is 15.5 Å². The zero-order valence-electron chi connectivity index (χ0n) is 12.2. The molecule has 0 aliphatic carbocycles. The van der Waals surface area contributed by atoms with E-state index in [0.717, 1.165) is 18.2 Å². The minimum Gasteiger partial charge on any atom is -0.478 e. The van der Waals surface area contributed by atoms with Gasteiger partial charge in [-0.25, -0.2) is 9.18 Å². The van der Waals surface area contributed by atoms with E-state index in [1.165, 1.54) is 0 Å². The predicted octanol–water partition coefficient (Wildman–Crippen LogP) is 1.88. The lowest BCUT2D eigenvalue weighted by Crippen LogP contribution is -2.42. The van der Waals surface area contributed by atoms with Crippen LogP contribution in [-0.4, -0.2) is 27.1 Å². The van der Waals surface area contributed by atoms with Gasteiger partial charge in [-0.1, -0.05) is 5.16 Å². The zero-order chi connectivity index (χ0) is 16.5. The average molecular weight is 307 g/mol. The number of aromatic nitrogens is 2. The number of amides is 1. The molecule has 116 valence electrons. The molecule has 2 rings (SSSR count). The standard InChI is InChI=1S/C14H14FN3O4/c1-7-16-13(18-22-7)14(2,3)17-11(19)9-5-4-8(12(20)21)6-10(9)15/h4-6H,1-3H3,(H,17,19)(H,20,21). The van der Waals surface area contributed by atoms with Crippen LogP contribution in [0.2, 0.25) is 0 Å². The van der Waals surface area contributed by atoms with Crippen molar-refractivity contribution in [3.63, 3.8) is 0 Å². The fraction of sp³-hybridized carbons (Fsp3) is 0.286. The number of carboxylic acid groups (broad SMARTS) is 1. The van der Waals surface area contributed by atoms with E-state index in [9.17, 15) is 14.0 Å². The number of carbonyl (C=O) groups excluding carboxylic acids is 1. The summed E-state index contributed by atoms with van der Waals surface area (Å²) in [5.41, 5.74) is -1.48. The lowest BCUT2D eigenvalue weighted by molar-refractivity contribution is 0.0695. The highest BCUT2D eigenvalue weighted by atomic mass is 19.1. The third-order valence-corrected chi connectivity index (χ3v) is 2.97. The summed E-state index contributed by atoms with van der Waals surface area (Å²) in [6, 6.07) is 3.07. The van der Waals surface area contributed by atoms with E-state index >= 15 is 0 Å². The number of rotatable bonds is 4. The van der Waals surface area contributed by atoms with Gasteiger partial charge in [0.1, 0.15) is 5.82 Å². The molecule has 0 aliphatic rings. The number of aryl methyl sites for hydroxylation is 1. The summed E-state index contributed by atoms with van der Waals surface area (Å²) in [7, 11) is 0. The smallest absolute Gasteiger partial charge is 0.335 e. The maximum atomic E-state index is 13.9. The van der Waals surface area contributed by atoms with Gasteiger partial charge < -0.3 is 14.9 Å². The number of benzene rings is 1. The van der Waals surface area contributed by atoms with Crippen LogP contribution < -0.4 is 5.32 Å². The lowest BCUT2D eigenvalue weighted by atomic mass is 10.0. The van der Waals surface area contributed by atoms with E-state index in [-0.39, 0.29) is 17.0 Å². The van der Waals surface area contributed by atoms with E-state index in [2.05, 4.69) is 15.5 Å². The first-order valence-corrected chi connectivity index (χ1v) is 6.37. The van der Waals surface area contributed by atoms with E-state index in [0.29, 0.717) is 5.89 Å². The minimum absolute atomic E-state index is 0.234. The zero-order valence-corrected chi connectivity index (χ0v) is 12.2. The second-order valence-corrected chi connectivity index (χ2v) is 5.22. The molecule has 0 saturated heterocycles. The van der Waals surface area contributed by atoms with Crippen molar-refractivity contribution in [2.24, 2.45) is 0 Å². The van der Waals surface area contributed by atoms with Crippen molar-refractivity contribution in [1.29, 1.82) is 0 Å². The molecule has 2 aromatic rings. The fourth-order valence-corrected chi connectivity index (χ4v) is 1.79. The lowest BCUT2D eigenvalue weighted by Gasteiger charge is -2.22. The van der Waals surface area contributed by atoms with Crippen molar-refractivity contribution in [2.75, 3.05) is 0 Å². The topological polar surface area (TPSA) is 105 Å². The SMILES string of the molecule is Cc1nc(C(C)(C)NC(=O)c2ccc(C(=O)O)cc2F)no1. The van der Waals surface area contributed by atoms with Crippen LogP contribution in [0.5, 0.6) is 0 Å². The average Bonchev–Trinajstić information content (AvgIpc) is 2.85. The Hall–Kier alpha value is -2.77. The molecule has 1 amide bonds. The summed E-state index contributed by atoms with van der Waals surface area (Å²) in [5, 5.41) is 15.1. The number of hydrogen-bond acceptors (Lipinski definition) is 5. The summed E-state index contributed by atoms with van der Waals surface area (Å²) in [6.45, 7) is 4.89. The van der Waals surface area contributed by atoms with E-state index in [1.807, 2.05) is 0 Å². The van der Waals surface area contributed by atoms with Crippen molar-refractivity contribution >= 4 is 11.9 Å². The summed E-state index contributed by atoms with van der Waals surface area (Å²) >= 11 is 0. The fourth-order valence-electron chi connectivity index (χ4n) is 1.79. The van der Waals surface area contributed by atoms with Crippen LogP contribution in [0.4, 0.5) is 4.39 Å². The third-order valence-electron chi connectivity index (χ3n) is 2.97. The van der Waals surface area contributed by atoms with Gasteiger partial charge in [-0.05, 0) is 32.0 Å². The number of nitrogens with one attached hydrogen (secondary N) is 1. The quantitative estimate of drug-likeness (QED) is 0.893. The number of carboxylic acids is 1. The van der Waals surface area contributed by atoms with Crippen molar-refractivity contribution < 1.29 is 23.6 Å². The Morgan fingerprint density at radius 2 is 2.05 bits per heavy atom. The van der Waals surface area contributed by atoms with Crippen LogP contribution in [-0.2, 0) is 5.54 Å². The Kier molecular flexibility index (Phi) is 3.94. The summed E-state index contributed by atoms with van der Waals surface area (Å²) in [5.74, 6) is -2.30. The minimum atomic E-state index is -1.27. The predicted molar refractivity (Wildman–Crippen MR) is 72.9 cm³/mol. The van der Waals surface area contributed by atoms with Gasteiger partial charge in [0.15, 0.2) is 5.82 Å². The van der Waals surface area contributed by atoms with Crippen LogP contribution in [0, 0.1) is 12.7 Å². The first-order valence-electron chi connectivity index (χ1n) is 6.37. The van der Waals surface area contributed by atoms with Gasteiger partial charge in [-0.2, -0.15) is 4.98 Å². The molecular weight excluding hydrogens is 293 g/mol. The van der Waals surface area contributed by atoms with Crippen LogP contribution in [0.3, 0.4) is 0 Å². The largest absolute Gasteiger partial charge is 0.478 e. The molecule has 0 fully saturated rings. The summed E-state index contributed by atoms with van der Waals surface area (Å²) in [4.78, 5) is 26.9. The molecule has 1 heterocycles. The first-order chi connectivity index (χ1) is 10.2. The first kappa shape index (κ1) is 15.6. The highest BCUT2D eigenvalue weighted by Gasteiger charge is 2.29. The van der Waals surface area contributed by atoms with Crippen LogP contribution in [0.1, 0.15) is 46.3 Å². The molecule has 0 saturated carbocycles. The van der Waals surface area contributed by atoms with Crippen LogP contribution >= 0.6 is 0 Å². The number of hydrogen-bond donors (Lipinski definition) is 2. The molecule has 22 heavy (non-hydrogen) atoms. The van der Waals surface area contributed by atoms with Gasteiger partial charge in [0, 0.05) is 6.92 Å². The van der Waals surface area contributed by atoms with Gasteiger partial charge in [0.25, 0.3) is 5.91 Å². The van der Waals surface area contributed by atoms with Gasteiger partial charge in [-0.3, -0.25) is 4.79 Å². The van der Waals surface area contributed by atoms with Crippen molar-refractivity contribution in [2.45, 2.75) is 26.3 Å². The highest BCUT2D eigenvalue weighted by Crippen LogP contribution is 2.18. The monoisotopic (exact) mass is 307 g/mol. The molecule has 1 aromatic heterocycles.